The van der Waals surface area contributed by atoms with E-state index in [0.29, 0.717) is 11.4 Å². The molecule has 1 aliphatic rings. The van der Waals surface area contributed by atoms with E-state index in [4.69, 9.17) is 0 Å². The lowest BCUT2D eigenvalue weighted by Gasteiger charge is -2.10. The molecule has 1 aliphatic carbocycles. The molecular formula is C19H15F3N4O3. The SMILES string of the molecule is Cc1nnc(-c2c[nH]c(=O)[nH]c2=O)cc1[C@H]1C[C@@H]1c1ccc(OC(F)(F)F)cc1. The fourth-order valence-corrected chi connectivity index (χ4v) is 3.40. The van der Waals surface area contributed by atoms with Crippen molar-refractivity contribution in [3.63, 3.8) is 0 Å². The summed E-state index contributed by atoms with van der Waals surface area (Å²) in [6, 6.07) is 7.58. The highest BCUT2D eigenvalue weighted by atomic mass is 19.4. The molecule has 10 heteroatoms. The van der Waals surface area contributed by atoms with Gasteiger partial charge < -0.3 is 9.72 Å². The van der Waals surface area contributed by atoms with Crippen molar-refractivity contribution in [2.45, 2.75) is 31.5 Å². The van der Waals surface area contributed by atoms with Crippen LogP contribution in [0.4, 0.5) is 13.2 Å². The van der Waals surface area contributed by atoms with Gasteiger partial charge in [-0.05, 0) is 54.5 Å². The van der Waals surface area contributed by atoms with Crippen LogP contribution in [0.1, 0.15) is 35.1 Å². The molecule has 0 amide bonds. The van der Waals surface area contributed by atoms with Crippen molar-refractivity contribution in [1.29, 1.82) is 0 Å². The number of halogens is 3. The van der Waals surface area contributed by atoms with E-state index in [1.165, 1.54) is 18.3 Å². The summed E-state index contributed by atoms with van der Waals surface area (Å²) >= 11 is 0. The Kier molecular flexibility index (Phi) is 4.48. The van der Waals surface area contributed by atoms with Gasteiger partial charge in [-0.1, -0.05) is 12.1 Å². The zero-order valence-corrected chi connectivity index (χ0v) is 15.1. The summed E-state index contributed by atoms with van der Waals surface area (Å²) in [5, 5.41) is 8.16. The van der Waals surface area contributed by atoms with E-state index in [9.17, 15) is 22.8 Å². The lowest BCUT2D eigenvalue weighted by Crippen LogP contribution is -2.23. The van der Waals surface area contributed by atoms with Crippen molar-refractivity contribution >= 4 is 0 Å². The second-order valence-electron chi connectivity index (χ2n) is 6.82. The van der Waals surface area contributed by atoms with Crippen LogP contribution in [-0.4, -0.2) is 26.5 Å². The number of nitrogens with one attached hydrogen (secondary N) is 2. The number of aryl methyl sites for hydroxylation is 1. The van der Waals surface area contributed by atoms with Crippen LogP contribution in [0.5, 0.6) is 5.75 Å². The van der Waals surface area contributed by atoms with Crippen molar-refractivity contribution in [2.24, 2.45) is 0 Å². The van der Waals surface area contributed by atoms with Gasteiger partial charge in [0.2, 0.25) is 0 Å². The predicted octanol–water partition coefficient (Wildman–Crippen LogP) is 3.00. The summed E-state index contributed by atoms with van der Waals surface area (Å²) in [6.07, 6.45) is -2.64. The van der Waals surface area contributed by atoms with Gasteiger partial charge in [-0.3, -0.25) is 9.78 Å². The van der Waals surface area contributed by atoms with Gasteiger partial charge in [-0.15, -0.1) is 18.3 Å². The van der Waals surface area contributed by atoms with Crippen molar-refractivity contribution in [1.82, 2.24) is 20.2 Å². The number of hydrogen-bond acceptors (Lipinski definition) is 5. The van der Waals surface area contributed by atoms with Crippen LogP contribution in [0.25, 0.3) is 11.3 Å². The Balaban J connectivity index is 1.57. The fourth-order valence-electron chi connectivity index (χ4n) is 3.40. The molecule has 1 saturated carbocycles. The molecular weight excluding hydrogens is 389 g/mol. The topological polar surface area (TPSA) is 101 Å². The molecule has 0 bridgehead atoms. The van der Waals surface area contributed by atoms with Crippen LogP contribution in [0.2, 0.25) is 0 Å². The van der Waals surface area contributed by atoms with E-state index in [2.05, 4.69) is 24.9 Å². The van der Waals surface area contributed by atoms with Crippen LogP contribution in [0, 0.1) is 6.92 Å². The average molecular weight is 404 g/mol. The van der Waals surface area contributed by atoms with Crippen LogP contribution >= 0.6 is 0 Å². The van der Waals surface area contributed by atoms with Crippen molar-refractivity contribution in [2.75, 3.05) is 0 Å². The Morgan fingerprint density at radius 2 is 1.83 bits per heavy atom. The van der Waals surface area contributed by atoms with Gasteiger partial charge in [-0.25, -0.2) is 4.79 Å². The zero-order valence-electron chi connectivity index (χ0n) is 15.1. The molecule has 1 aromatic carbocycles. The highest BCUT2D eigenvalue weighted by Gasteiger charge is 2.41. The lowest BCUT2D eigenvalue weighted by atomic mass is 10.0. The molecule has 150 valence electrons. The fraction of sp³-hybridized carbons (Fsp3) is 0.263. The van der Waals surface area contributed by atoms with E-state index >= 15 is 0 Å². The summed E-state index contributed by atoms with van der Waals surface area (Å²) in [5.41, 5.74) is 1.86. The Morgan fingerprint density at radius 1 is 1.10 bits per heavy atom. The Hall–Kier alpha value is -3.43. The van der Waals surface area contributed by atoms with Crippen LogP contribution in [0.3, 0.4) is 0 Å². The highest BCUT2D eigenvalue weighted by Crippen LogP contribution is 2.55. The van der Waals surface area contributed by atoms with Gasteiger partial charge in [-0.2, -0.15) is 5.10 Å². The molecule has 0 spiro atoms. The van der Waals surface area contributed by atoms with Gasteiger partial charge in [0.25, 0.3) is 5.56 Å². The van der Waals surface area contributed by atoms with E-state index in [1.54, 1.807) is 25.1 Å². The first-order valence-electron chi connectivity index (χ1n) is 8.73. The van der Waals surface area contributed by atoms with Crippen molar-refractivity contribution in [3.8, 4) is 17.0 Å². The molecule has 1 fully saturated rings. The molecule has 2 heterocycles. The molecule has 0 unspecified atom stereocenters. The van der Waals surface area contributed by atoms with Crippen molar-refractivity contribution in [3.05, 3.63) is 74.2 Å². The highest BCUT2D eigenvalue weighted by molar-refractivity contribution is 5.58. The van der Waals surface area contributed by atoms with Gasteiger partial charge >= 0.3 is 12.1 Å². The molecule has 7 nitrogen and oxygen atoms in total. The Morgan fingerprint density at radius 3 is 2.48 bits per heavy atom. The van der Waals surface area contributed by atoms with Crippen molar-refractivity contribution < 1.29 is 17.9 Å². The van der Waals surface area contributed by atoms with E-state index in [-0.39, 0.29) is 23.1 Å². The predicted molar refractivity (Wildman–Crippen MR) is 96.7 cm³/mol. The van der Waals surface area contributed by atoms with Gasteiger partial charge in [0.15, 0.2) is 0 Å². The minimum Gasteiger partial charge on any atom is -0.406 e. The summed E-state index contributed by atoms with van der Waals surface area (Å²) in [6.45, 7) is 1.80. The molecule has 0 radical (unpaired) electrons. The standard InChI is InChI=1S/C19H15F3N4O3/c1-9-12(7-16(26-25-9)15-8-23-18(28)24-17(15)27)14-6-13(14)10-2-4-11(5-3-10)29-19(20,21)22/h2-5,7-8,13-14H,6H2,1H3,(H2,23,24,27,28)/t13-,14-/m1/s1. The monoisotopic (exact) mass is 404 g/mol. The molecule has 2 N–H and O–H groups in total. The maximum atomic E-state index is 12.3. The zero-order chi connectivity index (χ0) is 20.8. The molecule has 2 aromatic heterocycles. The summed E-state index contributed by atoms with van der Waals surface area (Å²) < 4.78 is 40.8. The molecule has 4 rings (SSSR count). The third-order valence-electron chi connectivity index (χ3n) is 4.84. The molecule has 2 atom stereocenters. The number of hydrogen-bond donors (Lipinski definition) is 2. The number of nitrogens with zero attached hydrogens (tertiary/aromatic N) is 2. The second-order valence-corrected chi connectivity index (χ2v) is 6.82. The first kappa shape index (κ1) is 18.9. The van der Waals surface area contributed by atoms with Gasteiger partial charge in [0.1, 0.15) is 11.4 Å². The third kappa shape index (κ3) is 4.05. The maximum absolute atomic E-state index is 12.3. The summed E-state index contributed by atoms with van der Waals surface area (Å²) in [7, 11) is 0. The molecule has 0 aliphatic heterocycles. The number of alkyl halides is 3. The molecule has 3 aromatic rings. The minimum absolute atomic E-state index is 0.112. The second kappa shape index (κ2) is 6.87. The number of rotatable bonds is 4. The minimum atomic E-state index is -4.72. The first-order valence-corrected chi connectivity index (χ1v) is 8.73. The quantitative estimate of drug-likeness (QED) is 0.696. The van der Waals surface area contributed by atoms with Gasteiger partial charge in [0, 0.05) is 6.20 Å². The van der Waals surface area contributed by atoms with Crippen LogP contribution in [0.15, 0.2) is 46.1 Å². The number of benzene rings is 1. The number of aromatic nitrogens is 4. The van der Waals surface area contributed by atoms with Crippen LogP contribution in [-0.2, 0) is 0 Å². The average Bonchev–Trinajstić information content (AvgIpc) is 3.42. The lowest BCUT2D eigenvalue weighted by molar-refractivity contribution is -0.274. The summed E-state index contributed by atoms with van der Waals surface area (Å²) in [5.74, 6) is -0.0279. The third-order valence-corrected chi connectivity index (χ3v) is 4.84. The maximum Gasteiger partial charge on any atom is 0.573 e. The Bertz CT molecular complexity index is 1170. The van der Waals surface area contributed by atoms with Crippen LogP contribution < -0.4 is 16.0 Å². The smallest absolute Gasteiger partial charge is 0.406 e. The van der Waals surface area contributed by atoms with Gasteiger partial charge in [0.05, 0.1) is 11.3 Å². The number of ether oxygens (including phenoxy) is 1. The largest absolute Gasteiger partial charge is 0.573 e. The normalized spacial score (nSPS) is 18.5. The number of aromatic amines is 2. The molecule has 0 saturated heterocycles. The Labute approximate surface area is 161 Å². The summed E-state index contributed by atoms with van der Waals surface area (Å²) in [4.78, 5) is 27.7. The van der Waals surface area contributed by atoms with E-state index in [0.717, 1.165) is 17.5 Å². The molecule has 29 heavy (non-hydrogen) atoms. The van der Waals surface area contributed by atoms with E-state index < -0.39 is 17.6 Å². The van der Waals surface area contributed by atoms with E-state index in [1.807, 2.05) is 0 Å². The first-order chi connectivity index (χ1) is 13.7. The number of H-pyrrole nitrogens is 2.